The van der Waals surface area contributed by atoms with Crippen molar-refractivity contribution in [3.63, 3.8) is 0 Å². The molecule has 0 bridgehead atoms. The number of esters is 1. The first-order valence-electron chi connectivity index (χ1n) is 9.24. The number of ether oxygens (including phenoxy) is 3. The van der Waals surface area contributed by atoms with Crippen LogP contribution in [-0.4, -0.2) is 25.6 Å². The molecule has 1 amide bonds. The Morgan fingerprint density at radius 1 is 1.17 bits per heavy atom. The van der Waals surface area contributed by atoms with E-state index in [0.717, 1.165) is 10.9 Å². The molecule has 3 aromatic rings. The van der Waals surface area contributed by atoms with E-state index in [-0.39, 0.29) is 13.0 Å². The number of nitrogens with two attached hydrogens (primary N) is 1. The van der Waals surface area contributed by atoms with Gasteiger partial charge in [0.05, 0.1) is 13.5 Å². The standard InChI is InChI=1S/C22H19NO7/c1-11-7-19(25)30-22-13(11)4-6-16-21(22)14(9-20(26)29-16)12-3-5-15(27-2)17(8-12)28-10-18(23)24/h3-8,14H,9-10H2,1-2H3,(H2,23,24)/t14-/m0/s1. The molecular formula is C22H19NO7. The van der Waals surface area contributed by atoms with E-state index in [9.17, 15) is 14.4 Å². The van der Waals surface area contributed by atoms with Crippen LogP contribution in [0.25, 0.3) is 11.0 Å². The zero-order chi connectivity index (χ0) is 21.4. The molecule has 0 fully saturated rings. The van der Waals surface area contributed by atoms with Gasteiger partial charge in [-0.2, -0.15) is 0 Å². The van der Waals surface area contributed by atoms with E-state index in [1.54, 1.807) is 30.3 Å². The molecule has 8 nitrogen and oxygen atoms in total. The van der Waals surface area contributed by atoms with Gasteiger partial charge in [0.25, 0.3) is 5.91 Å². The molecule has 2 aromatic carbocycles. The van der Waals surface area contributed by atoms with Crippen LogP contribution in [0.2, 0.25) is 0 Å². The Hall–Kier alpha value is -3.81. The van der Waals surface area contributed by atoms with Crippen molar-refractivity contribution in [2.45, 2.75) is 19.3 Å². The summed E-state index contributed by atoms with van der Waals surface area (Å²) in [5.74, 6) is -0.412. The number of rotatable bonds is 5. The summed E-state index contributed by atoms with van der Waals surface area (Å²) in [6.45, 7) is 1.50. The van der Waals surface area contributed by atoms with Crippen molar-refractivity contribution >= 4 is 22.8 Å². The summed E-state index contributed by atoms with van der Waals surface area (Å²) in [7, 11) is 1.48. The molecule has 1 aromatic heterocycles. The van der Waals surface area contributed by atoms with Gasteiger partial charge in [0.2, 0.25) is 0 Å². The van der Waals surface area contributed by atoms with Crippen LogP contribution in [0.15, 0.2) is 45.6 Å². The van der Waals surface area contributed by atoms with Gasteiger partial charge < -0.3 is 24.4 Å². The Labute approximate surface area is 171 Å². The van der Waals surface area contributed by atoms with Crippen LogP contribution in [0.5, 0.6) is 17.2 Å². The lowest BCUT2D eigenvalue weighted by Gasteiger charge is -2.26. The zero-order valence-electron chi connectivity index (χ0n) is 16.4. The van der Waals surface area contributed by atoms with E-state index in [1.165, 1.54) is 13.2 Å². The molecule has 30 heavy (non-hydrogen) atoms. The summed E-state index contributed by atoms with van der Waals surface area (Å²) in [6.07, 6.45) is 0.0470. The highest BCUT2D eigenvalue weighted by atomic mass is 16.5. The number of primary amides is 1. The number of hydrogen-bond donors (Lipinski definition) is 1. The lowest BCUT2D eigenvalue weighted by molar-refractivity contribution is -0.135. The predicted molar refractivity (Wildman–Crippen MR) is 107 cm³/mol. The van der Waals surface area contributed by atoms with Gasteiger partial charge in [-0.1, -0.05) is 6.07 Å². The number of benzene rings is 2. The first-order chi connectivity index (χ1) is 14.4. The van der Waals surface area contributed by atoms with Gasteiger partial charge in [-0.3, -0.25) is 9.59 Å². The van der Waals surface area contributed by atoms with E-state index in [2.05, 4.69) is 0 Å². The normalized spacial score (nSPS) is 15.4. The van der Waals surface area contributed by atoms with Crippen LogP contribution in [0.3, 0.4) is 0 Å². The third-order valence-electron chi connectivity index (χ3n) is 5.02. The van der Waals surface area contributed by atoms with Crippen LogP contribution in [0.4, 0.5) is 0 Å². The SMILES string of the molecule is COc1ccc([C@@H]2CC(=O)Oc3ccc4c(C)cc(=O)oc4c32)cc1OCC(N)=O. The summed E-state index contributed by atoms with van der Waals surface area (Å²) in [6, 6.07) is 10.0. The quantitative estimate of drug-likeness (QED) is 0.390. The molecular weight excluding hydrogens is 390 g/mol. The summed E-state index contributed by atoms with van der Waals surface area (Å²) < 4.78 is 21.7. The summed E-state index contributed by atoms with van der Waals surface area (Å²) in [5.41, 5.74) is 7.16. The molecule has 154 valence electrons. The lowest BCUT2D eigenvalue weighted by atomic mass is 9.85. The fraction of sp³-hybridized carbons (Fsp3) is 0.227. The zero-order valence-corrected chi connectivity index (χ0v) is 16.4. The van der Waals surface area contributed by atoms with E-state index < -0.39 is 23.4 Å². The molecule has 0 saturated carbocycles. The third-order valence-corrected chi connectivity index (χ3v) is 5.02. The lowest BCUT2D eigenvalue weighted by Crippen LogP contribution is -2.22. The Kier molecular flexibility index (Phi) is 4.91. The van der Waals surface area contributed by atoms with E-state index >= 15 is 0 Å². The van der Waals surface area contributed by atoms with Gasteiger partial charge in [0.1, 0.15) is 11.3 Å². The van der Waals surface area contributed by atoms with Crippen LogP contribution in [0.1, 0.15) is 29.0 Å². The van der Waals surface area contributed by atoms with Gasteiger partial charge in [-0.25, -0.2) is 4.79 Å². The second-order valence-electron chi connectivity index (χ2n) is 7.00. The average Bonchev–Trinajstić information content (AvgIpc) is 2.70. The van der Waals surface area contributed by atoms with Crippen LogP contribution in [0, 0.1) is 6.92 Å². The maximum Gasteiger partial charge on any atom is 0.336 e. The van der Waals surface area contributed by atoms with Gasteiger partial charge in [-0.15, -0.1) is 0 Å². The molecule has 0 unspecified atom stereocenters. The topological polar surface area (TPSA) is 118 Å². The molecule has 2 heterocycles. The monoisotopic (exact) mass is 409 g/mol. The van der Waals surface area contributed by atoms with E-state index in [4.69, 9.17) is 24.4 Å². The molecule has 1 atom stereocenters. The number of carbonyl (C=O) groups excluding carboxylic acids is 2. The summed E-state index contributed by atoms with van der Waals surface area (Å²) in [5, 5.41) is 0.759. The molecule has 2 N–H and O–H groups in total. The Balaban J connectivity index is 1.90. The van der Waals surface area contributed by atoms with Gasteiger partial charge in [-0.05, 0) is 42.3 Å². The first-order valence-corrected chi connectivity index (χ1v) is 9.24. The average molecular weight is 409 g/mol. The van der Waals surface area contributed by atoms with Crippen molar-refractivity contribution in [2.75, 3.05) is 13.7 Å². The van der Waals surface area contributed by atoms with Gasteiger partial charge in [0, 0.05) is 22.9 Å². The number of methoxy groups -OCH3 is 1. The minimum absolute atomic E-state index is 0.0470. The molecule has 8 heteroatoms. The molecule has 4 rings (SSSR count). The van der Waals surface area contributed by atoms with Crippen LogP contribution >= 0.6 is 0 Å². The summed E-state index contributed by atoms with van der Waals surface area (Å²) in [4.78, 5) is 35.4. The second kappa shape index (κ2) is 7.55. The fourth-order valence-corrected chi connectivity index (χ4v) is 3.69. The van der Waals surface area contributed by atoms with E-state index in [0.29, 0.717) is 34.0 Å². The van der Waals surface area contributed by atoms with E-state index in [1.807, 2.05) is 6.92 Å². The maximum absolute atomic E-state index is 12.3. The Morgan fingerprint density at radius 3 is 2.70 bits per heavy atom. The van der Waals surface area contributed by atoms with Crippen LogP contribution < -0.4 is 25.6 Å². The summed E-state index contributed by atoms with van der Waals surface area (Å²) >= 11 is 0. The van der Waals surface area contributed by atoms with Crippen molar-refractivity contribution in [2.24, 2.45) is 5.73 Å². The number of hydrogen-bond acceptors (Lipinski definition) is 7. The molecule has 0 aliphatic carbocycles. The highest BCUT2D eigenvalue weighted by molar-refractivity contribution is 5.90. The third kappa shape index (κ3) is 3.47. The fourth-order valence-electron chi connectivity index (χ4n) is 3.69. The largest absolute Gasteiger partial charge is 0.493 e. The number of aryl methyl sites for hydroxylation is 1. The van der Waals surface area contributed by atoms with Crippen molar-refractivity contribution in [1.82, 2.24) is 0 Å². The molecule has 0 saturated heterocycles. The van der Waals surface area contributed by atoms with Crippen LogP contribution in [-0.2, 0) is 9.59 Å². The predicted octanol–water partition coefficient (Wildman–Crippen LogP) is 2.42. The first kappa shape index (κ1) is 19.5. The second-order valence-corrected chi connectivity index (χ2v) is 7.00. The van der Waals surface area contributed by atoms with Crippen molar-refractivity contribution in [3.05, 3.63) is 63.5 Å². The number of carbonyl (C=O) groups is 2. The molecule has 0 radical (unpaired) electrons. The smallest absolute Gasteiger partial charge is 0.336 e. The molecule has 0 spiro atoms. The Morgan fingerprint density at radius 2 is 1.97 bits per heavy atom. The maximum atomic E-state index is 12.3. The Bertz CT molecular complexity index is 1230. The van der Waals surface area contributed by atoms with Gasteiger partial charge in [0.15, 0.2) is 18.1 Å². The minimum Gasteiger partial charge on any atom is -0.493 e. The minimum atomic E-state index is -0.628. The van der Waals surface area contributed by atoms with Gasteiger partial charge >= 0.3 is 11.6 Å². The highest BCUT2D eigenvalue weighted by Gasteiger charge is 2.32. The van der Waals surface area contributed by atoms with Crippen molar-refractivity contribution in [1.29, 1.82) is 0 Å². The molecule has 1 aliphatic rings. The van der Waals surface area contributed by atoms with Crippen molar-refractivity contribution < 1.29 is 28.2 Å². The number of fused-ring (bicyclic) bond motifs is 3. The highest BCUT2D eigenvalue weighted by Crippen LogP contribution is 2.44. The molecule has 1 aliphatic heterocycles. The van der Waals surface area contributed by atoms with Crippen molar-refractivity contribution in [3.8, 4) is 17.2 Å². The number of amides is 1.